The molecule has 2 fully saturated rings. The van der Waals surface area contributed by atoms with Crippen LogP contribution in [-0.4, -0.2) is 41.2 Å². The summed E-state index contributed by atoms with van der Waals surface area (Å²) >= 11 is 0. The van der Waals surface area contributed by atoms with E-state index < -0.39 is 17.4 Å². The van der Waals surface area contributed by atoms with Crippen LogP contribution in [0, 0.1) is 5.92 Å². The molecular weight excluding hydrogens is 493 g/mol. The van der Waals surface area contributed by atoms with Crippen molar-refractivity contribution in [2.45, 2.75) is 63.7 Å². The zero-order chi connectivity index (χ0) is 26.6. The van der Waals surface area contributed by atoms with E-state index >= 15 is 0 Å². The summed E-state index contributed by atoms with van der Waals surface area (Å²) in [5.74, 6) is 1.26. The van der Waals surface area contributed by atoms with E-state index in [9.17, 15) is 18.0 Å². The van der Waals surface area contributed by atoms with Crippen molar-refractivity contribution in [1.82, 2.24) is 28.6 Å². The third kappa shape index (κ3) is 4.34. The van der Waals surface area contributed by atoms with Gasteiger partial charge in [-0.15, -0.1) is 10.2 Å². The summed E-state index contributed by atoms with van der Waals surface area (Å²) in [5.41, 5.74) is 0.545. The summed E-state index contributed by atoms with van der Waals surface area (Å²) in [6.07, 6.45) is 5.32. The lowest BCUT2D eigenvalue weighted by atomic mass is 9.72. The summed E-state index contributed by atoms with van der Waals surface area (Å²) in [7, 11) is 1.91. The highest BCUT2D eigenvalue weighted by atomic mass is 19.4. The van der Waals surface area contributed by atoms with E-state index in [2.05, 4.69) is 22.0 Å². The first kappa shape index (κ1) is 24.9. The minimum absolute atomic E-state index is 0.00345. The molecule has 1 aromatic carbocycles. The second-order valence-corrected chi connectivity index (χ2v) is 10.8. The van der Waals surface area contributed by atoms with E-state index in [0.29, 0.717) is 29.8 Å². The molecule has 4 heterocycles. The summed E-state index contributed by atoms with van der Waals surface area (Å²) in [6.45, 7) is 3.31. The van der Waals surface area contributed by atoms with Crippen LogP contribution in [0.1, 0.15) is 67.5 Å². The van der Waals surface area contributed by atoms with Crippen molar-refractivity contribution in [3.05, 3.63) is 82.1 Å². The molecule has 10 heteroatoms. The number of likely N-dealkylation sites (tertiary alicyclic amines) is 1. The molecular formula is C28H31F3N6O. The molecule has 0 N–H and O–H groups in total. The number of aromatic nitrogens is 5. The predicted molar refractivity (Wildman–Crippen MR) is 137 cm³/mol. The summed E-state index contributed by atoms with van der Waals surface area (Å²) < 4.78 is 46.9. The molecule has 7 nitrogen and oxygen atoms in total. The Labute approximate surface area is 218 Å². The molecule has 38 heavy (non-hydrogen) atoms. The number of aryl methyl sites for hydroxylation is 1. The van der Waals surface area contributed by atoms with Gasteiger partial charge in [-0.25, -0.2) is 4.79 Å². The quantitative estimate of drug-likeness (QED) is 0.350. The highest BCUT2D eigenvalue weighted by molar-refractivity contribution is 5.58. The summed E-state index contributed by atoms with van der Waals surface area (Å²) in [4.78, 5) is 15.7. The first-order valence-electron chi connectivity index (χ1n) is 13.2. The third-order valence-corrected chi connectivity index (χ3v) is 8.36. The number of imidazole rings is 1. The van der Waals surface area contributed by atoms with Crippen LogP contribution in [0.25, 0.3) is 11.2 Å². The molecule has 200 valence electrons. The van der Waals surface area contributed by atoms with Gasteiger partial charge in [0.05, 0.1) is 16.8 Å². The van der Waals surface area contributed by atoms with Crippen LogP contribution in [0.5, 0.6) is 0 Å². The number of pyridine rings is 1. The molecule has 1 saturated heterocycles. The number of rotatable bonds is 6. The monoisotopic (exact) mass is 524 g/mol. The molecule has 2 aliphatic rings. The molecule has 3 aromatic heterocycles. The van der Waals surface area contributed by atoms with Crippen LogP contribution in [0.3, 0.4) is 0 Å². The molecule has 4 aromatic rings. The second kappa shape index (κ2) is 9.41. The van der Waals surface area contributed by atoms with E-state index in [1.807, 2.05) is 29.8 Å². The van der Waals surface area contributed by atoms with Gasteiger partial charge in [-0.05, 0) is 74.4 Å². The topological polar surface area (TPSA) is 60.4 Å². The van der Waals surface area contributed by atoms with E-state index in [4.69, 9.17) is 0 Å². The summed E-state index contributed by atoms with van der Waals surface area (Å²) in [6, 6.07) is 9.02. The van der Waals surface area contributed by atoms with Gasteiger partial charge in [-0.2, -0.15) is 13.2 Å². The number of nitrogens with zero attached hydrogens (tertiary/aromatic N) is 6. The first-order chi connectivity index (χ1) is 18.2. The van der Waals surface area contributed by atoms with E-state index in [1.165, 1.54) is 16.8 Å². The summed E-state index contributed by atoms with van der Waals surface area (Å²) in [5, 5.41) is 8.42. The molecule has 1 aliphatic heterocycles. The second-order valence-electron chi connectivity index (χ2n) is 10.8. The highest BCUT2D eigenvalue weighted by Gasteiger charge is 2.36. The maximum absolute atomic E-state index is 14.2. The number of hydrogen-bond acceptors (Lipinski definition) is 4. The van der Waals surface area contributed by atoms with Crippen LogP contribution in [0.2, 0.25) is 0 Å². The Hall–Kier alpha value is -3.40. The Morgan fingerprint density at radius 3 is 2.55 bits per heavy atom. The van der Waals surface area contributed by atoms with Crippen molar-refractivity contribution in [3.8, 4) is 5.69 Å². The molecule has 0 unspecified atom stereocenters. The number of halogens is 3. The Bertz CT molecular complexity index is 1530. The smallest absolute Gasteiger partial charge is 0.320 e. The molecule has 6 rings (SSSR count). The van der Waals surface area contributed by atoms with E-state index in [0.717, 1.165) is 54.4 Å². The fourth-order valence-corrected chi connectivity index (χ4v) is 6.05. The number of benzene rings is 1. The average molecular weight is 525 g/mol. The van der Waals surface area contributed by atoms with Crippen molar-refractivity contribution in [3.63, 3.8) is 0 Å². The van der Waals surface area contributed by atoms with Gasteiger partial charge < -0.3 is 4.57 Å². The van der Waals surface area contributed by atoms with Gasteiger partial charge in [0.2, 0.25) is 0 Å². The lowest BCUT2D eigenvalue weighted by Crippen LogP contribution is -2.27. The Balaban J connectivity index is 1.44. The van der Waals surface area contributed by atoms with Gasteiger partial charge in [-0.3, -0.25) is 13.9 Å². The SMILES string of the molecule is C[C@H]1CCCN1Cc1cc(C(F)(F)F)c2cn(-c3cccc([C@H](c4nncn4C)C4CCC4)c3)c(=O)n2c1. The van der Waals surface area contributed by atoms with E-state index in [-0.39, 0.29) is 11.4 Å². The Kier molecular flexibility index (Phi) is 6.17. The van der Waals surface area contributed by atoms with Gasteiger partial charge in [0.25, 0.3) is 0 Å². The van der Waals surface area contributed by atoms with Gasteiger partial charge in [-0.1, -0.05) is 18.6 Å². The van der Waals surface area contributed by atoms with Crippen molar-refractivity contribution in [2.24, 2.45) is 13.0 Å². The maximum atomic E-state index is 14.2. The minimum Gasteiger partial charge on any atom is -0.320 e. The van der Waals surface area contributed by atoms with Crippen LogP contribution >= 0.6 is 0 Å². The van der Waals surface area contributed by atoms with E-state index in [1.54, 1.807) is 18.6 Å². The number of alkyl halides is 3. The molecule has 0 amide bonds. The van der Waals surface area contributed by atoms with Crippen LogP contribution < -0.4 is 5.69 Å². The maximum Gasteiger partial charge on any atom is 0.418 e. The molecule has 0 bridgehead atoms. The predicted octanol–water partition coefficient (Wildman–Crippen LogP) is 5.15. The van der Waals surface area contributed by atoms with Gasteiger partial charge >= 0.3 is 11.9 Å². The van der Waals surface area contributed by atoms with Crippen molar-refractivity contribution in [1.29, 1.82) is 0 Å². The van der Waals surface area contributed by atoms with Crippen molar-refractivity contribution in [2.75, 3.05) is 6.54 Å². The van der Waals surface area contributed by atoms with Crippen molar-refractivity contribution < 1.29 is 13.2 Å². The zero-order valence-electron chi connectivity index (χ0n) is 21.5. The first-order valence-corrected chi connectivity index (χ1v) is 13.2. The zero-order valence-corrected chi connectivity index (χ0v) is 21.5. The lowest BCUT2D eigenvalue weighted by molar-refractivity contribution is -0.136. The Morgan fingerprint density at radius 2 is 1.92 bits per heavy atom. The normalized spacial score (nSPS) is 19.8. The van der Waals surface area contributed by atoms with Gasteiger partial charge in [0.1, 0.15) is 12.2 Å². The molecule has 0 spiro atoms. The lowest BCUT2D eigenvalue weighted by Gasteiger charge is -2.33. The van der Waals surface area contributed by atoms with Gasteiger partial charge in [0.15, 0.2) is 0 Å². The standard InChI is InChI=1S/C28H31F3N6O/c1-18-6-5-11-35(18)14-19-12-23(28(29,30)31)24-16-36(27(38)37(24)15-19)22-10-4-9-21(13-22)25(20-7-3-8-20)26-33-32-17-34(26)2/h4,9-10,12-13,15-18,20,25H,3,5-8,11,14H2,1-2H3/t18-,25+/m0/s1. The van der Waals surface area contributed by atoms with Crippen LogP contribution in [0.15, 0.2) is 53.8 Å². The molecule has 0 radical (unpaired) electrons. The van der Waals surface area contributed by atoms with Crippen LogP contribution in [-0.2, 0) is 19.8 Å². The molecule has 1 aliphatic carbocycles. The highest BCUT2D eigenvalue weighted by Crippen LogP contribution is 2.43. The average Bonchev–Trinajstić information content (AvgIpc) is 3.55. The fraction of sp³-hybridized carbons (Fsp3) is 0.464. The van der Waals surface area contributed by atoms with Crippen molar-refractivity contribution >= 4 is 5.52 Å². The minimum atomic E-state index is -4.58. The van der Waals surface area contributed by atoms with Crippen LogP contribution in [0.4, 0.5) is 13.2 Å². The Morgan fingerprint density at radius 1 is 1.11 bits per heavy atom. The number of hydrogen-bond donors (Lipinski definition) is 0. The largest absolute Gasteiger partial charge is 0.418 e. The third-order valence-electron chi connectivity index (χ3n) is 8.36. The molecule has 2 atom stereocenters. The number of fused-ring (bicyclic) bond motifs is 1. The molecule has 1 saturated carbocycles. The fourth-order valence-electron chi connectivity index (χ4n) is 6.05. The van der Waals surface area contributed by atoms with Gasteiger partial charge in [0, 0.05) is 37.9 Å².